The van der Waals surface area contributed by atoms with Gasteiger partial charge in [0.25, 0.3) is 5.91 Å². The molecule has 1 amide bonds. The van der Waals surface area contributed by atoms with Crippen LogP contribution in [-0.4, -0.2) is 39.7 Å². The van der Waals surface area contributed by atoms with E-state index < -0.39 is 0 Å². The Labute approximate surface area is 99.1 Å². The van der Waals surface area contributed by atoms with Gasteiger partial charge in [-0.25, -0.2) is 0 Å². The Morgan fingerprint density at radius 1 is 1.35 bits per heavy atom. The average Bonchev–Trinajstić information content (AvgIpc) is 2.66. The van der Waals surface area contributed by atoms with Crippen LogP contribution >= 0.6 is 0 Å². The Hall–Kier alpha value is -1.81. The minimum absolute atomic E-state index is 0.00657. The molecule has 2 heterocycles. The van der Waals surface area contributed by atoms with Crippen LogP contribution in [0.15, 0.2) is 30.5 Å². The molecule has 2 aromatic rings. The third kappa shape index (κ3) is 1.52. The first-order valence-electron chi connectivity index (χ1n) is 5.68. The van der Waals surface area contributed by atoms with Gasteiger partial charge in [0, 0.05) is 42.8 Å². The van der Waals surface area contributed by atoms with Gasteiger partial charge in [-0.3, -0.25) is 4.79 Å². The molecule has 0 spiro atoms. The fourth-order valence-electron chi connectivity index (χ4n) is 2.28. The Morgan fingerprint density at radius 3 is 2.82 bits per heavy atom. The second-order valence-electron chi connectivity index (χ2n) is 4.53. The van der Waals surface area contributed by atoms with E-state index in [-0.39, 0.29) is 12.0 Å². The third-order valence-corrected chi connectivity index (χ3v) is 3.31. The van der Waals surface area contributed by atoms with Crippen LogP contribution in [0.2, 0.25) is 0 Å². The molecule has 0 aliphatic carbocycles. The molecule has 1 aromatic carbocycles. The van der Waals surface area contributed by atoms with Gasteiger partial charge in [0.05, 0.1) is 6.10 Å². The van der Waals surface area contributed by atoms with Crippen molar-refractivity contribution < 1.29 is 9.90 Å². The fraction of sp³-hybridized carbons (Fsp3) is 0.308. The van der Waals surface area contributed by atoms with Crippen molar-refractivity contribution in [3.8, 4) is 0 Å². The van der Waals surface area contributed by atoms with Gasteiger partial charge in [-0.05, 0) is 18.2 Å². The van der Waals surface area contributed by atoms with Gasteiger partial charge in [0.15, 0.2) is 0 Å². The van der Waals surface area contributed by atoms with Crippen molar-refractivity contribution >= 4 is 16.8 Å². The van der Waals surface area contributed by atoms with Crippen molar-refractivity contribution in [3.05, 3.63) is 36.0 Å². The second-order valence-corrected chi connectivity index (χ2v) is 4.53. The lowest BCUT2D eigenvalue weighted by Crippen LogP contribution is -2.53. The van der Waals surface area contributed by atoms with E-state index in [4.69, 9.17) is 0 Å². The zero-order valence-corrected chi connectivity index (χ0v) is 9.63. The van der Waals surface area contributed by atoms with E-state index in [0.29, 0.717) is 13.1 Å². The highest BCUT2D eigenvalue weighted by Gasteiger charge is 2.30. The summed E-state index contributed by atoms with van der Waals surface area (Å²) in [5.41, 5.74) is 1.77. The van der Waals surface area contributed by atoms with Crippen molar-refractivity contribution in [1.29, 1.82) is 0 Å². The van der Waals surface area contributed by atoms with Crippen LogP contribution in [0, 0.1) is 0 Å². The highest BCUT2D eigenvalue weighted by atomic mass is 16.3. The van der Waals surface area contributed by atoms with Gasteiger partial charge in [-0.2, -0.15) is 0 Å². The largest absolute Gasteiger partial charge is 0.389 e. The number of aromatic nitrogens is 1. The Bertz CT molecular complexity index is 582. The molecule has 1 aromatic heterocycles. The highest BCUT2D eigenvalue weighted by molar-refractivity contribution is 6.06. The summed E-state index contributed by atoms with van der Waals surface area (Å²) >= 11 is 0. The molecule has 1 aliphatic rings. The molecule has 0 unspecified atom stereocenters. The molecular weight excluding hydrogens is 216 g/mol. The van der Waals surface area contributed by atoms with Crippen LogP contribution in [0.4, 0.5) is 0 Å². The number of aliphatic hydroxyl groups excluding tert-OH is 1. The summed E-state index contributed by atoms with van der Waals surface area (Å²) in [5.74, 6) is 0.00657. The van der Waals surface area contributed by atoms with E-state index in [1.54, 1.807) is 4.90 Å². The van der Waals surface area contributed by atoms with Gasteiger partial charge in [-0.1, -0.05) is 6.07 Å². The first-order valence-corrected chi connectivity index (χ1v) is 5.68. The third-order valence-electron chi connectivity index (χ3n) is 3.31. The molecule has 1 saturated heterocycles. The highest BCUT2D eigenvalue weighted by Crippen LogP contribution is 2.22. The van der Waals surface area contributed by atoms with Crippen molar-refractivity contribution in [2.75, 3.05) is 13.1 Å². The van der Waals surface area contributed by atoms with E-state index in [1.165, 1.54) is 0 Å². The number of nitrogens with zero attached hydrogens (tertiary/aromatic N) is 2. The molecule has 1 aliphatic heterocycles. The maximum absolute atomic E-state index is 12.2. The molecule has 4 heteroatoms. The predicted octanol–water partition coefficient (Wildman–Crippen LogP) is 0.995. The second kappa shape index (κ2) is 3.60. The van der Waals surface area contributed by atoms with Gasteiger partial charge in [0.1, 0.15) is 0 Å². The number of amides is 1. The van der Waals surface area contributed by atoms with Crippen LogP contribution in [0.3, 0.4) is 0 Å². The monoisotopic (exact) mass is 230 g/mol. The van der Waals surface area contributed by atoms with Crippen LogP contribution in [0.25, 0.3) is 10.9 Å². The van der Waals surface area contributed by atoms with Crippen LogP contribution < -0.4 is 0 Å². The normalized spacial score (nSPS) is 16.2. The number of carbonyl (C=O) groups excluding carboxylic acids is 1. The number of hydrogen-bond donors (Lipinski definition) is 1. The van der Waals surface area contributed by atoms with E-state index >= 15 is 0 Å². The molecule has 88 valence electrons. The first kappa shape index (κ1) is 10.4. The summed E-state index contributed by atoms with van der Waals surface area (Å²) in [7, 11) is 1.96. The summed E-state index contributed by atoms with van der Waals surface area (Å²) in [6, 6.07) is 7.69. The number of hydrogen-bond acceptors (Lipinski definition) is 2. The van der Waals surface area contributed by atoms with Crippen LogP contribution in [0.5, 0.6) is 0 Å². The molecule has 4 nitrogen and oxygen atoms in total. The lowest BCUT2D eigenvalue weighted by molar-refractivity contribution is 0.00603. The van der Waals surface area contributed by atoms with Crippen molar-refractivity contribution in [1.82, 2.24) is 9.47 Å². The number of aliphatic hydroxyl groups is 1. The SMILES string of the molecule is Cn1ccc2c(C(=O)N3CC(O)C3)cccc21. The summed E-state index contributed by atoms with van der Waals surface area (Å²) in [5, 5.41) is 10.2. The average molecular weight is 230 g/mol. The molecule has 3 rings (SSSR count). The molecule has 1 fully saturated rings. The Balaban J connectivity index is 2.02. The molecule has 0 atom stereocenters. The summed E-state index contributed by atoms with van der Waals surface area (Å²) in [6.07, 6.45) is 1.60. The van der Waals surface area contributed by atoms with Crippen LogP contribution in [0.1, 0.15) is 10.4 Å². The van der Waals surface area contributed by atoms with Gasteiger partial charge in [-0.15, -0.1) is 0 Å². The standard InChI is InChI=1S/C13H14N2O2/c1-14-6-5-10-11(3-2-4-12(10)14)13(17)15-7-9(16)8-15/h2-6,9,16H,7-8H2,1H3. The van der Waals surface area contributed by atoms with E-state index in [2.05, 4.69) is 0 Å². The van der Waals surface area contributed by atoms with Gasteiger partial charge < -0.3 is 14.6 Å². The summed E-state index contributed by atoms with van der Waals surface area (Å²) < 4.78 is 2.00. The number of benzene rings is 1. The Morgan fingerprint density at radius 2 is 2.12 bits per heavy atom. The number of β-amino-alcohol motifs (C(OH)–C–C–N with tert-alkyl or cyclic N) is 1. The molecule has 1 N–H and O–H groups in total. The van der Waals surface area contributed by atoms with Gasteiger partial charge in [0.2, 0.25) is 0 Å². The number of aryl methyl sites for hydroxylation is 1. The number of carbonyl (C=O) groups is 1. The maximum atomic E-state index is 12.2. The molecular formula is C13H14N2O2. The molecule has 0 radical (unpaired) electrons. The fourth-order valence-corrected chi connectivity index (χ4v) is 2.28. The number of likely N-dealkylation sites (tertiary alicyclic amines) is 1. The minimum atomic E-state index is -0.353. The molecule has 17 heavy (non-hydrogen) atoms. The zero-order chi connectivity index (χ0) is 12.0. The summed E-state index contributed by atoms with van der Waals surface area (Å²) in [4.78, 5) is 13.9. The van der Waals surface area contributed by atoms with E-state index in [0.717, 1.165) is 16.5 Å². The summed E-state index contributed by atoms with van der Waals surface area (Å²) in [6.45, 7) is 0.893. The lowest BCUT2D eigenvalue weighted by atomic mass is 10.1. The van der Waals surface area contributed by atoms with Crippen molar-refractivity contribution in [2.45, 2.75) is 6.10 Å². The number of rotatable bonds is 1. The Kier molecular flexibility index (Phi) is 2.19. The van der Waals surface area contributed by atoms with Crippen molar-refractivity contribution in [2.24, 2.45) is 7.05 Å². The van der Waals surface area contributed by atoms with E-state index in [9.17, 15) is 9.90 Å². The zero-order valence-electron chi connectivity index (χ0n) is 9.63. The number of fused-ring (bicyclic) bond motifs is 1. The lowest BCUT2D eigenvalue weighted by Gasteiger charge is -2.36. The first-order chi connectivity index (χ1) is 8.16. The van der Waals surface area contributed by atoms with Gasteiger partial charge >= 0.3 is 0 Å². The topological polar surface area (TPSA) is 45.5 Å². The van der Waals surface area contributed by atoms with E-state index in [1.807, 2.05) is 42.1 Å². The quantitative estimate of drug-likeness (QED) is 0.794. The molecule has 0 saturated carbocycles. The smallest absolute Gasteiger partial charge is 0.254 e. The van der Waals surface area contributed by atoms with Crippen molar-refractivity contribution in [3.63, 3.8) is 0 Å². The maximum Gasteiger partial charge on any atom is 0.254 e. The predicted molar refractivity (Wildman–Crippen MR) is 64.8 cm³/mol. The minimum Gasteiger partial charge on any atom is -0.389 e. The van der Waals surface area contributed by atoms with Crippen LogP contribution in [-0.2, 0) is 7.05 Å². The molecule has 0 bridgehead atoms.